The predicted octanol–water partition coefficient (Wildman–Crippen LogP) is 3.85. The fourth-order valence-corrected chi connectivity index (χ4v) is 3.81. The van der Waals surface area contributed by atoms with Gasteiger partial charge in [-0.25, -0.2) is 9.97 Å². The molecule has 0 saturated carbocycles. The van der Waals surface area contributed by atoms with Crippen molar-refractivity contribution >= 4 is 22.5 Å². The smallest absolute Gasteiger partial charge is 0.334 e. The van der Waals surface area contributed by atoms with Crippen LogP contribution in [0.2, 0.25) is 0 Å². The standard InChI is InChI=1S/C21H22F3N5O/c1-28-13-25-11-18(28)14-2-3-15-10-26-19(9-16(15)8-14)27-20(30)12-29-6-4-17(5-7-29)21(22,23)24/h2-3,8-11,13,17H,4-7,12H2,1H3,(H,26,27,30). The first kappa shape index (κ1) is 20.3. The molecule has 1 aliphatic rings. The van der Waals surface area contributed by atoms with Crippen molar-refractivity contribution in [2.24, 2.45) is 13.0 Å². The van der Waals surface area contributed by atoms with Crippen LogP contribution >= 0.6 is 0 Å². The highest BCUT2D eigenvalue weighted by Crippen LogP contribution is 2.34. The van der Waals surface area contributed by atoms with Gasteiger partial charge in [0.1, 0.15) is 5.82 Å². The molecule has 3 aromatic rings. The molecule has 0 aliphatic carbocycles. The Morgan fingerprint density at radius 2 is 1.93 bits per heavy atom. The Hall–Kier alpha value is -2.94. The average molecular weight is 417 g/mol. The van der Waals surface area contributed by atoms with Gasteiger partial charge < -0.3 is 9.88 Å². The Labute approximate surface area is 171 Å². The summed E-state index contributed by atoms with van der Waals surface area (Å²) in [6, 6.07) is 7.75. The molecule has 4 rings (SSSR count). The second-order valence-corrected chi connectivity index (χ2v) is 7.66. The molecule has 1 saturated heterocycles. The van der Waals surface area contributed by atoms with E-state index in [1.807, 2.05) is 29.8 Å². The molecule has 1 fully saturated rings. The van der Waals surface area contributed by atoms with E-state index in [0.717, 1.165) is 22.0 Å². The molecular weight excluding hydrogens is 395 g/mol. The maximum Gasteiger partial charge on any atom is 0.391 e. The van der Waals surface area contributed by atoms with Crippen molar-refractivity contribution in [1.29, 1.82) is 0 Å². The topological polar surface area (TPSA) is 63.1 Å². The summed E-state index contributed by atoms with van der Waals surface area (Å²) in [6.45, 7) is 0.576. The Morgan fingerprint density at radius 1 is 1.17 bits per heavy atom. The first-order valence-electron chi connectivity index (χ1n) is 9.75. The molecule has 1 N–H and O–H groups in total. The average Bonchev–Trinajstić information content (AvgIpc) is 3.13. The summed E-state index contributed by atoms with van der Waals surface area (Å²) in [7, 11) is 1.92. The number of likely N-dealkylation sites (tertiary alicyclic amines) is 1. The Bertz CT molecular complexity index is 1050. The zero-order chi connectivity index (χ0) is 21.3. The molecular formula is C21H22F3N5O. The van der Waals surface area contributed by atoms with E-state index in [-0.39, 0.29) is 38.4 Å². The lowest BCUT2D eigenvalue weighted by Crippen LogP contribution is -2.42. The number of benzene rings is 1. The van der Waals surface area contributed by atoms with E-state index in [2.05, 4.69) is 15.3 Å². The van der Waals surface area contributed by atoms with Crippen molar-refractivity contribution in [3.8, 4) is 11.3 Å². The Morgan fingerprint density at radius 3 is 2.60 bits per heavy atom. The van der Waals surface area contributed by atoms with Gasteiger partial charge in [-0.3, -0.25) is 9.69 Å². The number of halogens is 3. The number of hydrogen-bond donors (Lipinski definition) is 1. The number of alkyl halides is 3. The largest absolute Gasteiger partial charge is 0.391 e. The molecule has 1 amide bonds. The van der Waals surface area contributed by atoms with E-state index in [1.165, 1.54) is 0 Å². The van der Waals surface area contributed by atoms with Crippen molar-refractivity contribution in [3.63, 3.8) is 0 Å². The van der Waals surface area contributed by atoms with Gasteiger partial charge in [0.15, 0.2) is 0 Å². The second kappa shape index (κ2) is 8.06. The lowest BCUT2D eigenvalue weighted by Gasteiger charge is -2.32. The SMILES string of the molecule is Cn1cncc1-c1ccc2cnc(NC(=O)CN3CCC(C(F)(F)F)CC3)cc2c1. The maximum atomic E-state index is 12.8. The van der Waals surface area contributed by atoms with Crippen LogP contribution in [0, 0.1) is 5.92 Å². The molecule has 3 heterocycles. The lowest BCUT2D eigenvalue weighted by atomic mass is 9.96. The van der Waals surface area contributed by atoms with Gasteiger partial charge in [-0.1, -0.05) is 12.1 Å². The van der Waals surface area contributed by atoms with E-state index in [0.29, 0.717) is 5.82 Å². The van der Waals surface area contributed by atoms with Gasteiger partial charge in [0.05, 0.1) is 30.7 Å². The van der Waals surface area contributed by atoms with Crippen molar-refractivity contribution in [2.75, 3.05) is 25.0 Å². The molecule has 0 radical (unpaired) electrons. The fourth-order valence-electron chi connectivity index (χ4n) is 3.81. The van der Waals surface area contributed by atoms with Gasteiger partial charge >= 0.3 is 6.18 Å². The third-order valence-electron chi connectivity index (χ3n) is 5.52. The zero-order valence-electron chi connectivity index (χ0n) is 16.5. The first-order valence-corrected chi connectivity index (χ1v) is 9.75. The summed E-state index contributed by atoms with van der Waals surface area (Å²) in [5, 5.41) is 4.62. The molecule has 0 unspecified atom stereocenters. The minimum atomic E-state index is -4.16. The number of hydrogen-bond acceptors (Lipinski definition) is 4. The molecule has 1 aliphatic heterocycles. The predicted molar refractivity (Wildman–Crippen MR) is 108 cm³/mol. The van der Waals surface area contributed by atoms with E-state index >= 15 is 0 Å². The quantitative estimate of drug-likeness (QED) is 0.701. The molecule has 2 aromatic heterocycles. The van der Waals surface area contributed by atoms with E-state index < -0.39 is 12.1 Å². The molecule has 9 heteroatoms. The minimum absolute atomic E-state index is 0.0296. The summed E-state index contributed by atoms with van der Waals surface area (Å²) in [4.78, 5) is 22.5. The summed E-state index contributed by atoms with van der Waals surface area (Å²) in [5.41, 5.74) is 1.97. The van der Waals surface area contributed by atoms with Gasteiger partial charge in [-0.05, 0) is 43.5 Å². The van der Waals surface area contributed by atoms with Crippen LogP contribution in [0.15, 0.2) is 43.0 Å². The zero-order valence-corrected chi connectivity index (χ0v) is 16.5. The number of pyridine rings is 1. The number of rotatable bonds is 4. The van der Waals surface area contributed by atoms with Crippen LogP contribution < -0.4 is 5.32 Å². The number of nitrogens with one attached hydrogen (secondary N) is 1. The number of nitrogens with zero attached hydrogens (tertiary/aromatic N) is 4. The third kappa shape index (κ3) is 4.46. The maximum absolute atomic E-state index is 12.8. The minimum Gasteiger partial charge on any atom is -0.334 e. The number of carbonyl (C=O) groups is 1. The van der Waals surface area contributed by atoms with E-state index in [4.69, 9.17) is 0 Å². The first-order chi connectivity index (χ1) is 14.3. The third-order valence-corrected chi connectivity index (χ3v) is 5.52. The number of piperidine rings is 1. The number of fused-ring (bicyclic) bond motifs is 1. The number of amides is 1. The van der Waals surface area contributed by atoms with Crippen molar-refractivity contribution in [1.82, 2.24) is 19.4 Å². The van der Waals surface area contributed by atoms with Crippen molar-refractivity contribution in [2.45, 2.75) is 19.0 Å². The highest BCUT2D eigenvalue weighted by atomic mass is 19.4. The molecule has 6 nitrogen and oxygen atoms in total. The number of anilines is 1. The molecule has 1 aromatic carbocycles. The summed E-state index contributed by atoms with van der Waals surface area (Å²) in [6.07, 6.45) is 1.11. The molecule has 0 spiro atoms. The normalized spacial score (nSPS) is 16.1. The second-order valence-electron chi connectivity index (χ2n) is 7.66. The highest BCUT2D eigenvalue weighted by Gasteiger charge is 2.41. The van der Waals surface area contributed by atoms with E-state index in [1.54, 1.807) is 29.7 Å². The van der Waals surface area contributed by atoms with Crippen LogP contribution in [0.5, 0.6) is 0 Å². The summed E-state index contributed by atoms with van der Waals surface area (Å²) < 4.78 is 40.3. The van der Waals surface area contributed by atoms with Crippen molar-refractivity contribution in [3.05, 3.63) is 43.0 Å². The fraction of sp³-hybridized carbons (Fsp3) is 0.381. The number of aromatic nitrogens is 3. The molecule has 158 valence electrons. The lowest BCUT2D eigenvalue weighted by molar-refractivity contribution is -0.184. The van der Waals surface area contributed by atoms with Crippen LogP contribution in [0.25, 0.3) is 22.0 Å². The highest BCUT2D eigenvalue weighted by molar-refractivity contribution is 5.94. The van der Waals surface area contributed by atoms with Crippen molar-refractivity contribution < 1.29 is 18.0 Å². The summed E-state index contributed by atoms with van der Waals surface area (Å²) >= 11 is 0. The van der Waals surface area contributed by atoms with Crippen LogP contribution in [0.4, 0.5) is 19.0 Å². The number of carbonyl (C=O) groups excluding carboxylic acids is 1. The van der Waals surface area contributed by atoms with Gasteiger partial charge in [0.2, 0.25) is 5.91 Å². The monoisotopic (exact) mass is 417 g/mol. The molecule has 30 heavy (non-hydrogen) atoms. The van der Waals surface area contributed by atoms with Crippen LogP contribution in [-0.4, -0.2) is 51.2 Å². The van der Waals surface area contributed by atoms with Crippen LogP contribution in [0.1, 0.15) is 12.8 Å². The van der Waals surface area contributed by atoms with Gasteiger partial charge in [0, 0.05) is 24.2 Å². The van der Waals surface area contributed by atoms with E-state index in [9.17, 15) is 18.0 Å². The number of imidazole rings is 1. The Kier molecular flexibility index (Phi) is 5.46. The Balaban J connectivity index is 1.41. The van der Waals surface area contributed by atoms with Gasteiger partial charge in [-0.15, -0.1) is 0 Å². The molecule has 0 bridgehead atoms. The number of aryl methyl sites for hydroxylation is 1. The van der Waals surface area contributed by atoms with Gasteiger partial charge in [-0.2, -0.15) is 13.2 Å². The molecule has 0 atom stereocenters. The van der Waals surface area contributed by atoms with Gasteiger partial charge in [0.25, 0.3) is 0 Å². The van der Waals surface area contributed by atoms with Crippen LogP contribution in [-0.2, 0) is 11.8 Å². The van der Waals surface area contributed by atoms with Crippen LogP contribution in [0.3, 0.4) is 0 Å². The summed E-state index contributed by atoms with van der Waals surface area (Å²) in [5.74, 6) is -1.14.